The van der Waals surface area contributed by atoms with E-state index in [4.69, 9.17) is 22.1 Å². The summed E-state index contributed by atoms with van der Waals surface area (Å²) in [7, 11) is 0. The third-order valence-electron chi connectivity index (χ3n) is 2.22. The van der Waals surface area contributed by atoms with Gasteiger partial charge in [-0.3, -0.25) is 0 Å². The molecule has 0 aliphatic heterocycles. The van der Waals surface area contributed by atoms with Gasteiger partial charge in [-0.25, -0.2) is 0 Å². The van der Waals surface area contributed by atoms with Crippen LogP contribution < -0.4 is 11.1 Å². The minimum atomic E-state index is -0.203. The lowest BCUT2D eigenvalue weighted by Gasteiger charge is -2.08. The summed E-state index contributed by atoms with van der Waals surface area (Å²) in [6.45, 7) is 4.04. The Kier molecular flexibility index (Phi) is 6.29. The van der Waals surface area contributed by atoms with E-state index in [1.807, 2.05) is 13.0 Å². The maximum absolute atomic E-state index is 9.26. The van der Waals surface area contributed by atoms with E-state index in [1.165, 1.54) is 0 Å². The fourth-order valence-corrected chi connectivity index (χ4v) is 1.56. The van der Waals surface area contributed by atoms with E-state index in [-0.39, 0.29) is 12.0 Å². The smallest absolute Gasteiger partial charge is 0.134 e. The van der Waals surface area contributed by atoms with Gasteiger partial charge in [0.05, 0.1) is 5.02 Å². The van der Waals surface area contributed by atoms with Gasteiger partial charge in [-0.2, -0.15) is 0 Å². The SMILES string of the molecule is CC(N)OCCCNCc1ccc(O)c(Cl)c1. The summed E-state index contributed by atoms with van der Waals surface area (Å²) in [4.78, 5) is 0. The highest BCUT2D eigenvalue weighted by Gasteiger charge is 1.99. The summed E-state index contributed by atoms with van der Waals surface area (Å²) in [5.41, 5.74) is 6.49. The van der Waals surface area contributed by atoms with Crippen LogP contribution in [-0.4, -0.2) is 24.5 Å². The van der Waals surface area contributed by atoms with Crippen molar-refractivity contribution < 1.29 is 9.84 Å². The third-order valence-corrected chi connectivity index (χ3v) is 2.52. The molecule has 1 rings (SSSR count). The van der Waals surface area contributed by atoms with Gasteiger partial charge in [-0.15, -0.1) is 0 Å². The summed E-state index contributed by atoms with van der Waals surface area (Å²) in [6.07, 6.45) is 0.707. The molecule has 0 spiro atoms. The number of ether oxygens (including phenoxy) is 1. The Hall–Kier alpha value is -0.810. The standard InChI is InChI=1S/C12H19ClN2O2/c1-9(14)17-6-2-5-15-8-10-3-4-12(16)11(13)7-10/h3-4,7,9,15-16H,2,5-6,8,14H2,1H3. The van der Waals surface area contributed by atoms with E-state index in [2.05, 4.69) is 5.32 Å². The minimum Gasteiger partial charge on any atom is -0.506 e. The van der Waals surface area contributed by atoms with Crippen molar-refractivity contribution in [3.8, 4) is 5.75 Å². The first-order valence-electron chi connectivity index (χ1n) is 5.65. The average Bonchev–Trinajstić information content (AvgIpc) is 2.27. The molecule has 17 heavy (non-hydrogen) atoms. The lowest BCUT2D eigenvalue weighted by atomic mass is 10.2. The summed E-state index contributed by atoms with van der Waals surface area (Å²) < 4.78 is 5.21. The van der Waals surface area contributed by atoms with Crippen LogP contribution in [0, 0.1) is 0 Å². The van der Waals surface area contributed by atoms with E-state index in [0.717, 1.165) is 25.1 Å². The Morgan fingerprint density at radius 3 is 2.94 bits per heavy atom. The first-order valence-corrected chi connectivity index (χ1v) is 6.02. The highest BCUT2D eigenvalue weighted by atomic mass is 35.5. The van der Waals surface area contributed by atoms with E-state index >= 15 is 0 Å². The maximum atomic E-state index is 9.26. The number of phenols is 1. The number of nitrogens with two attached hydrogens (primary N) is 1. The second-order valence-corrected chi connectivity index (χ2v) is 4.30. The molecule has 1 atom stereocenters. The van der Waals surface area contributed by atoms with Crippen LogP contribution in [-0.2, 0) is 11.3 Å². The normalized spacial score (nSPS) is 12.6. The number of aromatic hydroxyl groups is 1. The second kappa shape index (κ2) is 7.50. The third kappa shape index (κ3) is 5.89. The first-order chi connectivity index (χ1) is 8.09. The fraction of sp³-hybridized carbons (Fsp3) is 0.500. The van der Waals surface area contributed by atoms with Crippen LogP contribution >= 0.6 is 11.6 Å². The Balaban J connectivity index is 2.16. The van der Waals surface area contributed by atoms with Crippen molar-refractivity contribution in [2.75, 3.05) is 13.2 Å². The predicted molar refractivity (Wildman–Crippen MR) is 69.0 cm³/mol. The largest absolute Gasteiger partial charge is 0.506 e. The van der Waals surface area contributed by atoms with Crippen LogP contribution in [0.25, 0.3) is 0 Å². The monoisotopic (exact) mass is 258 g/mol. The van der Waals surface area contributed by atoms with Gasteiger partial charge in [0.2, 0.25) is 0 Å². The molecule has 0 aromatic heterocycles. The van der Waals surface area contributed by atoms with Crippen LogP contribution in [0.5, 0.6) is 5.75 Å². The van der Waals surface area contributed by atoms with Gasteiger partial charge in [-0.05, 0) is 37.6 Å². The van der Waals surface area contributed by atoms with Gasteiger partial charge >= 0.3 is 0 Å². The molecule has 0 fully saturated rings. The predicted octanol–water partition coefficient (Wildman–Crippen LogP) is 1.85. The van der Waals surface area contributed by atoms with E-state index < -0.39 is 0 Å². The molecule has 4 nitrogen and oxygen atoms in total. The zero-order valence-corrected chi connectivity index (χ0v) is 10.7. The quantitative estimate of drug-likeness (QED) is 0.516. The lowest BCUT2D eigenvalue weighted by molar-refractivity contribution is 0.0690. The van der Waals surface area contributed by atoms with Crippen molar-refractivity contribution in [1.82, 2.24) is 5.32 Å². The molecule has 0 aliphatic carbocycles. The Morgan fingerprint density at radius 1 is 1.53 bits per heavy atom. The maximum Gasteiger partial charge on any atom is 0.134 e. The lowest BCUT2D eigenvalue weighted by Crippen LogP contribution is -2.22. The average molecular weight is 259 g/mol. The van der Waals surface area contributed by atoms with Crippen molar-refractivity contribution in [3.63, 3.8) is 0 Å². The topological polar surface area (TPSA) is 67.5 Å². The Bertz CT molecular complexity index is 345. The second-order valence-electron chi connectivity index (χ2n) is 3.89. The number of hydrogen-bond acceptors (Lipinski definition) is 4. The van der Waals surface area contributed by atoms with Crippen LogP contribution in [0.2, 0.25) is 5.02 Å². The van der Waals surface area contributed by atoms with Crippen LogP contribution in [0.1, 0.15) is 18.9 Å². The number of halogens is 1. The Morgan fingerprint density at radius 2 is 2.29 bits per heavy atom. The van der Waals surface area contributed by atoms with E-state index in [1.54, 1.807) is 12.1 Å². The molecule has 1 aromatic rings. The van der Waals surface area contributed by atoms with Crippen LogP contribution in [0.4, 0.5) is 0 Å². The molecule has 0 amide bonds. The van der Waals surface area contributed by atoms with Gasteiger partial charge < -0.3 is 20.9 Å². The Labute approximate surface area is 107 Å². The molecule has 0 saturated heterocycles. The molecular weight excluding hydrogens is 240 g/mol. The van der Waals surface area contributed by atoms with Crippen molar-refractivity contribution >= 4 is 11.6 Å². The summed E-state index contributed by atoms with van der Waals surface area (Å²) in [6, 6.07) is 5.19. The summed E-state index contributed by atoms with van der Waals surface area (Å²) in [5.74, 6) is 0.112. The van der Waals surface area contributed by atoms with E-state index in [9.17, 15) is 5.11 Å². The molecule has 0 saturated carbocycles. The van der Waals surface area contributed by atoms with Gasteiger partial charge in [-0.1, -0.05) is 17.7 Å². The number of benzene rings is 1. The fourth-order valence-electron chi connectivity index (χ4n) is 1.36. The molecule has 1 aromatic carbocycles. The van der Waals surface area contributed by atoms with Crippen molar-refractivity contribution in [2.24, 2.45) is 5.73 Å². The first kappa shape index (κ1) is 14.3. The summed E-state index contributed by atoms with van der Waals surface area (Å²) >= 11 is 5.80. The molecule has 1 unspecified atom stereocenters. The van der Waals surface area contributed by atoms with Crippen LogP contribution in [0.15, 0.2) is 18.2 Å². The number of hydrogen-bond donors (Lipinski definition) is 3. The number of phenolic OH excluding ortho intramolecular Hbond substituents is 1. The minimum absolute atomic E-state index is 0.112. The molecule has 96 valence electrons. The van der Waals surface area contributed by atoms with Gasteiger partial charge in [0.1, 0.15) is 12.0 Å². The van der Waals surface area contributed by atoms with Crippen LogP contribution in [0.3, 0.4) is 0 Å². The molecule has 5 heteroatoms. The van der Waals surface area contributed by atoms with Gasteiger partial charge in [0.15, 0.2) is 0 Å². The molecule has 0 heterocycles. The van der Waals surface area contributed by atoms with Gasteiger partial charge in [0.25, 0.3) is 0 Å². The van der Waals surface area contributed by atoms with E-state index in [0.29, 0.717) is 11.6 Å². The van der Waals surface area contributed by atoms with Crippen molar-refractivity contribution in [2.45, 2.75) is 26.1 Å². The zero-order valence-electron chi connectivity index (χ0n) is 9.95. The highest BCUT2D eigenvalue weighted by Crippen LogP contribution is 2.23. The molecule has 0 bridgehead atoms. The van der Waals surface area contributed by atoms with Gasteiger partial charge in [0, 0.05) is 13.2 Å². The highest BCUT2D eigenvalue weighted by molar-refractivity contribution is 6.32. The molecular formula is C12H19ClN2O2. The zero-order chi connectivity index (χ0) is 12.7. The molecule has 0 aliphatic rings. The number of rotatable bonds is 7. The van der Waals surface area contributed by atoms with Crippen molar-refractivity contribution in [3.05, 3.63) is 28.8 Å². The number of nitrogens with one attached hydrogen (secondary N) is 1. The molecule has 0 radical (unpaired) electrons. The van der Waals surface area contributed by atoms with Crippen molar-refractivity contribution in [1.29, 1.82) is 0 Å². The molecule has 4 N–H and O–H groups in total. The summed E-state index contributed by atoms with van der Waals surface area (Å²) in [5, 5.41) is 12.9.